The SMILES string of the molecule is CC1(N)C=Cc2ccccc21. The molecule has 0 spiro atoms. The maximum absolute atomic E-state index is 6.00. The molecule has 2 N–H and O–H groups in total. The van der Waals surface area contributed by atoms with E-state index in [0.29, 0.717) is 0 Å². The molecular formula is C10H11N. The Hall–Kier alpha value is -1.08. The molecule has 0 aromatic heterocycles. The van der Waals surface area contributed by atoms with Crippen LogP contribution in [0.4, 0.5) is 0 Å². The van der Waals surface area contributed by atoms with E-state index in [1.54, 1.807) is 0 Å². The lowest BCUT2D eigenvalue weighted by molar-refractivity contribution is 0.642. The van der Waals surface area contributed by atoms with E-state index in [2.05, 4.69) is 18.2 Å². The molecule has 0 bridgehead atoms. The average Bonchev–Trinajstić information content (AvgIpc) is 2.29. The van der Waals surface area contributed by atoms with Crippen molar-refractivity contribution >= 4 is 6.08 Å². The van der Waals surface area contributed by atoms with E-state index in [1.807, 2.05) is 25.1 Å². The Bertz CT molecular complexity index is 310. The highest BCUT2D eigenvalue weighted by Gasteiger charge is 2.23. The van der Waals surface area contributed by atoms with Crippen molar-refractivity contribution in [3.63, 3.8) is 0 Å². The molecule has 0 saturated carbocycles. The molecule has 1 heteroatoms. The Morgan fingerprint density at radius 3 is 2.73 bits per heavy atom. The lowest BCUT2D eigenvalue weighted by Gasteiger charge is -2.17. The normalized spacial score (nSPS) is 27.1. The summed E-state index contributed by atoms with van der Waals surface area (Å²) in [5.74, 6) is 0. The quantitative estimate of drug-likeness (QED) is 0.592. The third-order valence-corrected chi connectivity index (χ3v) is 2.15. The number of benzene rings is 1. The fourth-order valence-corrected chi connectivity index (χ4v) is 1.49. The summed E-state index contributed by atoms with van der Waals surface area (Å²) in [7, 11) is 0. The van der Waals surface area contributed by atoms with Gasteiger partial charge in [-0.15, -0.1) is 0 Å². The lowest BCUT2D eigenvalue weighted by atomic mass is 9.96. The third-order valence-electron chi connectivity index (χ3n) is 2.15. The van der Waals surface area contributed by atoms with Crippen LogP contribution in [0.15, 0.2) is 30.3 Å². The number of nitrogens with two attached hydrogens (primary N) is 1. The van der Waals surface area contributed by atoms with Crippen LogP contribution < -0.4 is 5.73 Å². The van der Waals surface area contributed by atoms with Crippen molar-refractivity contribution in [2.45, 2.75) is 12.5 Å². The van der Waals surface area contributed by atoms with Gasteiger partial charge >= 0.3 is 0 Å². The van der Waals surface area contributed by atoms with Crippen LogP contribution in [-0.2, 0) is 5.54 Å². The molecule has 0 fully saturated rings. The van der Waals surface area contributed by atoms with E-state index >= 15 is 0 Å². The molecule has 0 amide bonds. The van der Waals surface area contributed by atoms with Crippen LogP contribution in [0.25, 0.3) is 6.08 Å². The highest BCUT2D eigenvalue weighted by molar-refractivity contribution is 5.64. The van der Waals surface area contributed by atoms with Crippen molar-refractivity contribution in [2.24, 2.45) is 5.73 Å². The molecule has 1 aromatic rings. The topological polar surface area (TPSA) is 26.0 Å². The van der Waals surface area contributed by atoms with Crippen molar-refractivity contribution in [1.29, 1.82) is 0 Å². The highest BCUT2D eigenvalue weighted by Crippen LogP contribution is 2.30. The Morgan fingerprint density at radius 2 is 2.00 bits per heavy atom. The Balaban J connectivity index is 2.64. The van der Waals surface area contributed by atoms with Gasteiger partial charge in [0.2, 0.25) is 0 Å². The van der Waals surface area contributed by atoms with E-state index in [4.69, 9.17) is 5.73 Å². The van der Waals surface area contributed by atoms with Gasteiger partial charge in [0.1, 0.15) is 0 Å². The molecule has 2 rings (SSSR count). The van der Waals surface area contributed by atoms with Gasteiger partial charge in [-0.3, -0.25) is 0 Å². The zero-order valence-corrected chi connectivity index (χ0v) is 6.54. The summed E-state index contributed by atoms with van der Waals surface area (Å²) in [5, 5.41) is 0. The second-order valence-corrected chi connectivity index (χ2v) is 3.20. The van der Waals surface area contributed by atoms with Crippen LogP contribution in [0.1, 0.15) is 18.1 Å². The Kier molecular flexibility index (Phi) is 1.18. The maximum atomic E-state index is 6.00. The first-order valence-corrected chi connectivity index (χ1v) is 3.78. The Morgan fingerprint density at radius 1 is 1.27 bits per heavy atom. The first-order chi connectivity index (χ1) is 5.20. The molecule has 0 radical (unpaired) electrons. The van der Waals surface area contributed by atoms with E-state index in [1.165, 1.54) is 11.1 Å². The first kappa shape index (κ1) is 6.62. The smallest absolute Gasteiger partial charge is 0.0575 e. The molecular weight excluding hydrogens is 134 g/mol. The largest absolute Gasteiger partial charge is 0.318 e. The zero-order valence-electron chi connectivity index (χ0n) is 6.54. The molecule has 1 atom stereocenters. The molecule has 1 aliphatic carbocycles. The van der Waals surface area contributed by atoms with Gasteiger partial charge in [0, 0.05) is 0 Å². The third kappa shape index (κ3) is 0.889. The fraction of sp³-hybridized carbons (Fsp3) is 0.200. The van der Waals surface area contributed by atoms with Gasteiger partial charge in [0.15, 0.2) is 0 Å². The Labute approximate surface area is 66.5 Å². The van der Waals surface area contributed by atoms with Crippen LogP contribution in [-0.4, -0.2) is 0 Å². The van der Waals surface area contributed by atoms with E-state index in [-0.39, 0.29) is 5.54 Å². The summed E-state index contributed by atoms with van der Waals surface area (Å²) in [6.45, 7) is 2.02. The summed E-state index contributed by atoms with van der Waals surface area (Å²) in [5.41, 5.74) is 8.22. The average molecular weight is 145 g/mol. The van der Waals surface area contributed by atoms with Gasteiger partial charge in [0.25, 0.3) is 0 Å². The number of hydrogen-bond donors (Lipinski definition) is 1. The zero-order chi connectivity index (χ0) is 7.90. The van der Waals surface area contributed by atoms with Crippen molar-refractivity contribution in [3.05, 3.63) is 41.5 Å². The number of hydrogen-bond acceptors (Lipinski definition) is 1. The fourth-order valence-electron chi connectivity index (χ4n) is 1.49. The van der Waals surface area contributed by atoms with Crippen LogP contribution in [0.5, 0.6) is 0 Å². The summed E-state index contributed by atoms with van der Waals surface area (Å²) in [4.78, 5) is 0. The first-order valence-electron chi connectivity index (χ1n) is 3.78. The highest BCUT2D eigenvalue weighted by atomic mass is 14.7. The van der Waals surface area contributed by atoms with E-state index in [0.717, 1.165) is 0 Å². The van der Waals surface area contributed by atoms with Crippen LogP contribution in [0, 0.1) is 0 Å². The standard InChI is InChI=1S/C10H11N/c1-10(11)7-6-8-4-2-3-5-9(8)10/h2-7H,11H2,1H3. The minimum atomic E-state index is -0.253. The minimum Gasteiger partial charge on any atom is -0.318 e. The predicted octanol–water partition coefficient (Wildman–Crippen LogP) is 1.89. The van der Waals surface area contributed by atoms with Gasteiger partial charge in [-0.2, -0.15) is 0 Å². The van der Waals surface area contributed by atoms with Gasteiger partial charge in [-0.25, -0.2) is 0 Å². The molecule has 1 aromatic carbocycles. The van der Waals surface area contributed by atoms with E-state index in [9.17, 15) is 0 Å². The van der Waals surface area contributed by atoms with Crippen molar-refractivity contribution in [3.8, 4) is 0 Å². The van der Waals surface area contributed by atoms with Gasteiger partial charge in [0.05, 0.1) is 5.54 Å². The predicted molar refractivity (Wildman–Crippen MR) is 47.0 cm³/mol. The molecule has 0 aliphatic heterocycles. The second-order valence-electron chi connectivity index (χ2n) is 3.20. The van der Waals surface area contributed by atoms with Gasteiger partial charge < -0.3 is 5.73 Å². The molecule has 56 valence electrons. The molecule has 1 nitrogen and oxygen atoms in total. The van der Waals surface area contributed by atoms with Crippen molar-refractivity contribution in [2.75, 3.05) is 0 Å². The van der Waals surface area contributed by atoms with Crippen LogP contribution in [0.2, 0.25) is 0 Å². The van der Waals surface area contributed by atoms with Crippen molar-refractivity contribution < 1.29 is 0 Å². The maximum Gasteiger partial charge on any atom is 0.0575 e. The van der Waals surface area contributed by atoms with Gasteiger partial charge in [-0.05, 0) is 18.1 Å². The van der Waals surface area contributed by atoms with Crippen molar-refractivity contribution in [1.82, 2.24) is 0 Å². The monoisotopic (exact) mass is 145 g/mol. The number of rotatable bonds is 0. The molecule has 0 saturated heterocycles. The molecule has 11 heavy (non-hydrogen) atoms. The summed E-state index contributed by atoms with van der Waals surface area (Å²) < 4.78 is 0. The van der Waals surface area contributed by atoms with Crippen LogP contribution >= 0.6 is 0 Å². The molecule has 0 heterocycles. The minimum absolute atomic E-state index is 0.253. The lowest BCUT2D eigenvalue weighted by Crippen LogP contribution is -2.28. The molecule has 1 aliphatic rings. The van der Waals surface area contributed by atoms with E-state index < -0.39 is 0 Å². The summed E-state index contributed by atoms with van der Waals surface area (Å²) in [6, 6.07) is 8.22. The summed E-state index contributed by atoms with van der Waals surface area (Å²) in [6.07, 6.45) is 4.12. The van der Waals surface area contributed by atoms with Crippen LogP contribution in [0.3, 0.4) is 0 Å². The molecule has 1 unspecified atom stereocenters. The number of fused-ring (bicyclic) bond motifs is 1. The summed E-state index contributed by atoms with van der Waals surface area (Å²) >= 11 is 0. The van der Waals surface area contributed by atoms with Gasteiger partial charge in [-0.1, -0.05) is 36.4 Å². The second kappa shape index (κ2) is 1.95.